The zero-order valence-corrected chi connectivity index (χ0v) is 19.7. The van der Waals surface area contributed by atoms with Gasteiger partial charge in [0.25, 0.3) is 0 Å². The normalized spacial score (nSPS) is 12.2. The molecule has 1 aromatic heterocycles. The first-order valence-corrected chi connectivity index (χ1v) is 12.6. The van der Waals surface area contributed by atoms with E-state index < -0.39 is 27.5 Å². The van der Waals surface area contributed by atoms with E-state index in [1.54, 1.807) is 25.1 Å². The molecule has 0 unspecified atom stereocenters. The summed E-state index contributed by atoms with van der Waals surface area (Å²) in [5, 5.41) is 0. The maximum Gasteiger partial charge on any atom is 0.326 e. The summed E-state index contributed by atoms with van der Waals surface area (Å²) in [6.45, 7) is 1.52. The van der Waals surface area contributed by atoms with E-state index in [9.17, 15) is 22.4 Å². The van der Waals surface area contributed by atoms with Crippen molar-refractivity contribution in [2.75, 3.05) is 19.5 Å². The SMILES string of the molecule is CCOC(=O)Cn1c(=NC(=O)CCCS(=O)(=O)c2ccc(OC)cc2)sc2cccc(F)c21. The van der Waals surface area contributed by atoms with Crippen LogP contribution in [0.3, 0.4) is 0 Å². The number of aromatic nitrogens is 1. The summed E-state index contributed by atoms with van der Waals surface area (Å²) in [5.74, 6) is -1.39. The summed E-state index contributed by atoms with van der Waals surface area (Å²) < 4.78 is 51.2. The van der Waals surface area contributed by atoms with Gasteiger partial charge in [0.05, 0.1) is 34.6 Å². The maximum absolute atomic E-state index is 14.4. The van der Waals surface area contributed by atoms with Crippen molar-refractivity contribution in [1.82, 2.24) is 4.57 Å². The molecule has 0 saturated heterocycles. The number of sulfone groups is 1. The molecular weight excluding hydrogens is 471 g/mol. The van der Waals surface area contributed by atoms with Gasteiger partial charge in [0.15, 0.2) is 14.6 Å². The van der Waals surface area contributed by atoms with Gasteiger partial charge in [-0.1, -0.05) is 17.4 Å². The highest BCUT2D eigenvalue weighted by molar-refractivity contribution is 7.91. The fourth-order valence-electron chi connectivity index (χ4n) is 3.13. The van der Waals surface area contributed by atoms with Gasteiger partial charge in [-0.15, -0.1) is 0 Å². The van der Waals surface area contributed by atoms with E-state index in [2.05, 4.69) is 4.99 Å². The molecule has 0 atom stereocenters. The number of carbonyl (C=O) groups excluding carboxylic acids is 2. The molecule has 0 spiro atoms. The van der Waals surface area contributed by atoms with Gasteiger partial charge in [-0.2, -0.15) is 4.99 Å². The molecule has 8 nitrogen and oxygen atoms in total. The first-order chi connectivity index (χ1) is 15.7. The molecule has 0 aliphatic heterocycles. The largest absolute Gasteiger partial charge is 0.497 e. The number of hydrogen-bond acceptors (Lipinski definition) is 7. The van der Waals surface area contributed by atoms with Gasteiger partial charge in [-0.3, -0.25) is 9.59 Å². The van der Waals surface area contributed by atoms with Gasteiger partial charge >= 0.3 is 5.97 Å². The Morgan fingerprint density at radius 1 is 1.15 bits per heavy atom. The Labute approximate surface area is 194 Å². The van der Waals surface area contributed by atoms with Crippen LogP contribution in [0, 0.1) is 5.82 Å². The number of halogens is 1. The molecule has 0 fully saturated rings. The molecule has 11 heteroatoms. The third kappa shape index (κ3) is 6.05. The molecule has 0 bridgehead atoms. The lowest BCUT2D eigenvalue weighted by atomic mass is 10.3. The van der Waals surface area contributed by atoms with Crippen LogP contribution in [-0.4, -0.2) is 44.3 Å². The molecule has 1 heterocycles. The fourth-order valence-corrected chi connectivity index (χ4v) is 5.50. The molecule has 0 N–H and O–H groups in total. The second-order valence-corrected chi connectivity index (χ2v) is 10.1. The maximum atomic E-state index is 14.4. The van der Waals surface area contributed by atoms with E-state index in [1.165, 1.54) is 35.9 Å². The average Bonchev–Trinajstić information content (AvgIpc) is 3.11. The van der Waals surface area contributed by atoms with Crippen molar-refractivity contribution in [2.45, 2.75) is 31.2 Å². The number of esters is 1. The van der Waals surface area contributed by atoms with Crippen molar-refractivity contribution in [1.29, 1.82) is 0 Å². The van der Waals surface area contributed by atoms with E-state index in [1.807, 2.05) is 0 Å². The topological polar surface area (TPSA) is 104 Å². The summed E-state index contributed by atoms with van der Waals surface area (Å²) in [6, 6.07) is 10.4. The number of carbonyl (C=O) groups is 2. The number of amides is 1. The highest BCUT2D eigenvalue weighted by Crippen LogP contribution is 2.21. The minimum Gasteiger partial charge on any atom is -0.497 e. The predicted molar refractivity (Wildman–Crippen MR) is 121 cm³/mol. The van der Waals surface area contributed by atoms with E-state index in [-0.39, 0.29) is 47.0 Å². The third-order valence-electron chi connectivity index (χ3n) is 4.69. The Morgan fingerprint density at radius 3 is 2.55 bits per heavy atom. The van der Waals surface area contributed by atoms with Crippen LogP contribution < -0.4 is 9.54 Å². The number of methoxy groups -OCH3 is 1. The van der Waals surface area contributed by atoms with Crippen LogP contribution in [0.15, 0.2) is 52.4 Å². The Hall–Kier alpha value is -3.05. The predicted octanol–water partition coefficient (Wildman–Crippen LogP) is 3.10. The summed E-state index contributed by atoms with van der Waals surface area (Å²) in [4.78, 5) is 28.8. The zero-order chi connectivity index (χ0) is 24.0. The number of benzene rings is 2. The minimum absolute atomic E-state index is 0.0633. The Morgan fingerprint density at radius 2 is 1.88 bits per heavy atom. The van der Waals surface area contributed by atoms with Crippen LogP contribution in [0.4, 0.5) is 4.39 Å². The average molecular weight is 495 g/mol. The molecule has 1 amide bonds. The van der Waals surface area contributed by atoms with Crippen LogP contribution in [0.5, 0.6) is 5.75 Å². The first-order valence-electron chi connectivity index (χ1n) is 10.1. The van der Waals surface area contributed by atoms with E-state index in [0.717, 1.165) is 11.3 Å². The number of nitrogens with zero attached hydrogens (tertiary/aromatic N) is 2. The molecule has 0 radical (unpaired) electrons. The van der Waals surface area contributed by atoms with E-state index in [0.29, 0.717) is 10.4 Å². The number of fused-ring (bicyclic) bond motifs is 1. The monoisotopic (exact) mass is 494 g/mol. The molecule has 176 valence electrons. The van der Waals surface area contributed by atoms with Crippen LogP contribution in [0.2, 0.25) is 0 Å². The number of para-hydroxylation sites is 1. The Bertz CT molecular complexity index is 1330. The number of thiazole rings is 1. The molecule has 33 heavy (non-hydrogen) atoms. The lowest BCUT2D eigenvalue weighted by Crippen LogP contribution is -2.23. The van der Waals surface area contributed by atoms with E-state index in [4.69, 9.17) is 9.47 Å². The zero-order valence-electron chi connectivity index (χ0n) is 18.1. The molecule has 3 rings (SSSR count). The highest BCUT2D eigenvalue weighted by atomic mass is 32.2. The molecular formula is C22H23FN2O6S2. The van der Waals surface area contributed by atoms with E-state index >= 15 is 0 Å². The molecule has 2 aromatic carbocycles. The van der Waals surface area contributed by atoms with Crippen LogP contribution in [-0.2, 0) is 30.7 Å². The van der Waals surface area contributed by atoms with Crippen molar-refractivity contribution in [3.05, 3.63) is 53.1 Å². The van der Waals surface area contributed by atoms with Crippen LogP contribution >= 0.6 is 11.3 Å². The summed E-state index contributed by atoms with van der Waals surface area (Å²) in [5.41, 5.74) is 0.157. The Kier molecular flexibility index (Phi) is 7.98. The number of hydrogen-bond donors (Lipinski definition) is 0. The third-order valence-corrected chi connectivity index (χ3v) is 7.55. The van der Waals surface area contributed by atoms with Crippen molar-refractivity contribution in [3.63, 3.8) is 0 Å². The minimum atomic E-state index is -3.57. The fraction of sp³-hybridized carbons (Fsp3) is 0.318. The van der Waals surface area contributed by atoms with Crippen LogP contribution in [0.25, 0.3) is 10.2 Å². The van der Waals surface area contributed by atoms with Crippen molar-refractivity contribution in [3.8, 4) is 5.75 Å². The number of ether oxygens (including phenoxy) is 2. The molecule has 0 aliphatic rings. The van der Waals surface area contributed by atoms with Crippen molar-refractivity contribution in [2.24, 2.45) is 4.99 Å². The van der Waals surface area contributed by atoms with Gasteiger partial charge < -0.3 is 14.0 Å². The lowest BCUT2D eigenvalue weighted by molar-refractivity contribution is -0.143. The second-order valence-electron chi connectivity index (χ2n) is 6.97. The summed E-state index contributed by atoms with van der Waals surface area (Å²) in [7, 11) is -2.09. The molecule has 0 saturated carbocycles. The standard InChI is InChI=1S/C22H23FN2O6S2/c1-3-31-20(27)14-25-21-17(23)6-4-7-18(21)32-22(25)24-19(26)8-5-13-33(28,29)16-11-9-15(30-2)10-12-16/h4,6-7,9-12H,3,5,8,13-14H2,1-2H3. The smallest absolute Gasteiger partial charge is 0.326 e. The van der Waals surface area contributed by atoms with Gasteiger partial charge in [0.1, 0.15) is 18.1 Å². The molecule has 0 aliphatic carbocycles. The lowest BCUT2D eigenvalue weighted by Gasteiger charge is -2.06. The Balaban J connectivity index is 1.77. The quantitative estimate of drug-likeness (QED) is 0.424. The van der Waals surface area contributed by atoms with Crippen molar-refractivity contribution >= 4 is 43.3 Å². The second kappa shape index (κ2) is 10.7. The van der Waals surface area contributed by atoms with Gasteiger partial charge in [-0.25, -0.2) is 12.8 Å². The highest BCUT2D eigenvalue weighted by Gasteiger charge is 2.17. The van der Waals surface area contributed by atoms with Gasteiger partial charge in [-0.05, 0) is 49.7 Å². The first kappa shape index (κ1) is 24.6. The van der Waals surface area contributed by atoms with Gasteiger partial charge in [0, 0.05) is 6.42 Å². The number of rotatable bonds is 9. The van der Waals surface area contributed by atoms with Gasteiger partial charge in [0.2, 0.25) is 5.91 Å². The summed E-state index contributed by atoms with van der Waals surface area (Å²) >= 11 is 1.06. The molecule has 3 aromatic rings. The van der Waals surface area contributed by atoms with Crippen molar-refractivity contribution < 1.29 is 31.9 Å². The summed E-state index contributed by atoms with van der Waals surface area (Å²) in [6.07, 6.45) is -0.0562. The van der Waals surface area contributed by atoms with Crippen LogP contribution in [0.1, 0.15) is 19.8 Å².